The molecule has 146 valence electrons. The molecule has 0 heterocycles. The second-order valence-electron chi connectivity index (χ2n) is 8.21. The van der Waals surface area contributed by atoms with E-state index < -0.39 is 0 Å². The molecule has 2 aromatic rings. The second kappa shape index (κ2) is 10.3. The molecule has 1 fully saturated rings. The lowest BCUT2D eigenvalue weighted by molar-refractivity contribution is 0.348. The molecule has 3 rings (SSSR count). The molecule has 0 saturated heterocycles. The molecule has 2 heteroatoms. The normalized spacial score (nSPS) is 20.0. The van der Waals surface area contributed by atoms with Crippen LogP contribution in [0.3, 0.4) is 0 Å². The Morgan fingerprint density at radius 2 is 1.63 bits per heavy atom. The number of unbranched alkanes of at least 4 members (excludes halogenated alkanes) is 2. The van der Waals surface area contributed by atoms with Crippen LogP contribution in [0.2, 0.25) is 0 Å². The fourth-order valence-electron chi connectivity index (χ4n) is 4.04. The van der Waals surface area contributed by atoms with E-state index in [-0.39, 0.29) is 5.82 Å². The van der Waals surface area contributed by atoms with Gasteiger partial charge in [0.15, 0.2) is 0 Å². The van der Waals surface area contributed by atoms with Crippen molar-refractivity contribution in [1.29, 1.82) is 0 Å². The van der Waals surface area contributed by atoms with Crippen LogP contribution in [0.25, 0.3) is 0 Å². The van der Waals surface area contributed by atoms with Crippen molar-refractivity contribution in [2.24, 2.45) is 5.92 Å². The maximum Gasteiger partial charge on any atom is 0.137 e. The minimum atomic E-state index is -0.0676. The minimum absolute atomic E-state index is 0.0676. The molecule has 0 bridgehead atoms. The van der Waals surface area contributed by atoms with Crippen molar-refractivity contribution in [3.8, 4) is 0 Å². The third kappa shape index (κ3) is 6.10. The van der Waals surface area contributed by atoms with Gasteiger partial charge in [-0.3, -0.25) is 0 Å². The lowest BCUT2D eigenvalue weighted by Gasteiger charge is -2.26. The van der Waals surface area contributed by atoms with E-state index in [0.717, 1.165) is 40.9 Å². The number of rotatable bonds is 8. The maximum atomic E-state index is 14.4. The quantitative estimate of drug-likeness (QED) is 0.327. The van der Waals surface area contributed by atoms with Crippen LogP contribution in [0.15, 0.2) is 47.4 Å². The second-order valence-corrected chi connectivity index (χ2v) is 9.23. The zero-order valence-electron chi connectivity index (χ0n) is 16.8. The number of hydrogen-bond donors (Lipinski definition) is 0. The molecule has 0 amide bonds. The van der Waals surface area contributed by atoms with E-state index in [0.29, 0.717) is 0 Å². The molecule has 0 radical (unpaired) electrons. The Kier molecular flexibility index (Phi) is 7.81. The van der Waals surface area contributed by atoms with Gasteiger partial charge in [0.2, 0.25) is 0 Å². The zero-order chi connectivity index (χ0) is 19.1. The lowest BCUT2D eigenvalue weighted by atomic mass is 9.79. The molecule has 0 N–H and O–H groups in total. The van der Waals surface area contributed by atoms with E-state index in [1.165, 1.54) is 49.7 Å². The van der Waals surface area contributed by atoms with Crippen LogP contribution in [-0.2, 0) is 12.2 Å². The van der Waals surface area contributed by atoms with E-state index in [1.54, 1.807) is 17.8 Å². The highest BCUT2D eigenvalue weighted by Gasteiger charge is 2.19. The summed E-state index contributed by atoms with van der Waals surface area (Å²) < 4.78 is 14.4. The van der Waals surface area contributed by atoms with Crippen molar-refractivity contribution in [3.63, 3.8) is 0 Å². The molecule has 0 nitrogen and oxygen atoms in total. The van der Waals surface area contributed by atoms with Gasteiger partial charge in [0.1, 0.15) is 5.82 Å². The first kappa shape index (κ1) is 20.5. The summed E-state index contributed by atoms with van der Waals surface area (Å²) in [6.07, 6.45) is 9.91. The van der Waals surface area contributed by atoms with Crippen molar-refractivity contribution < 1.29 is 4.39 Å². The summed E-state index contributed by atoms with van der Waals surface area (Å²) in [7, 11) is 0. The first-order chi connectivity index (χ1) is 13.2. The maximum absolute atomic E-state index is 14.4. The van der Waals surface area contributed by atoms with Gasteiger partial charge in [-0.1, -0.05) is 69.9 Å². The Labute approximate surface area is 169 Å². The summed E-state index contributed by atoms with van der Waals surface area (Å²) in [6.45, 7) is 4.57. The van der Waals surface area contributed by atoms with Crippen LogP contribution in [0.1, 0.15) is 81.4 Å². The Balaban J connectivity index is 1.52. The summed E-state index contributed by atoms with van der Waals surface area (Å²) in [4.78, 5) is 0.764. The van der Waals surface area contributed by atoms with E-state index in [2.05, 4.69) is 44.2 Å². The predicted octanol–water partition coefficient (Wildman–Crippen LogP) is 8.14. The fraction of sp³-hybridized carbons (Fsp3) is 0.520. The number of halogens is 1. The van der Waals surface area contributed by atoms with Crippen LogP contribution in [0.5, 0.6) is 0 Å². The van der Waals surface area contributed by atoms with Crippen molar-refractivity contribution in [1.82, 2.24) is 0 Å². The average molecular weight is 385 g/mol. The standard InChI is InChI=1S/C25H33FS/c1-3-4-5-6-20-11-16-25(24(26)17-20)27-18-21-9-14-23(15-10-21)22-12-7-19(2)8-13-22/h9-11,14-17,19,22H,3-8,12-13,18H2,1-2H3/t19-,22-. The summed E-state index contributed by atoms with van der Waals surface area (Å²) in [5.74, 6) is 2.39. The Morgan fingerprint density at radius 3 is 2.30 bits per heavy atom. The highest BCUT2D eigenvalue weighted by Crippen LogP contribution is 2.36. The fourth-order valence-corrected chi connectivity index (χ4v) is 4.91. The average Bonchev–Trinajstić information content (AvgIpc) is 2.69. The number of hydrogen-bond acceptors (Lipinski definition) is 1. The molecular formula is C25H33FS. The van der Waals surface area contributed by atoms with Gasteiger partial charge in [-0.15, -0.1) is 11.8 Å². The third-order valence-electron chi connectivity index (χ3n) is 5.93. The van der Waals surface area contributed by atoms with Gasteiger partial charge in [0, 0.05) is 10.6 Å². The molecule has 2 aromatic carbocycles. The van der Waals surface area contributed by atoms with Crippen molar-refractivity contribution in [2.45, 2.75) is 81.8 Å². The van der Waals surface area contributed by atoms with Gasteiger partial charge in [-0.25, -0.2) is 4.39 Å². The molecule has 0 aromatic heterocycles. The summed E-state index contributed by atoms with van der Waals surface area (Å²) in [5, 5.41) is 0. The Hall–Kier alpha value is -1.28. The first-order valence-corrected chi connectivity index (χ1v) is 11.6. The van der Waals surface area contributed by atoms with E-state index >= 15 is 0 Å². The van der Waals surface area contributed by atoms with Crippen molar-refractivity contribution in [2.75, 3.05) is 0 Å². The van der Waals surface area contributed by atoms with Crippen LogP contribution in [0.4, 0.5) is 4.39 Å². The van der Waals surface area contributed by atoms with E-state index in [9.17, 15) is 4.39 Å². The van der Waals surface area contributed by atoms with Crippen LogP contribution in [0, 0.1) is 11.7 Å². The largest absolute Gasteiger partial charge is 0.206 e. The molecule has 0 spiro atoms. The lowest BCUT2D eigenvalue weighted by Crippen LogP contribution is -2.10. The van der Waals surface area contributed by atoms with Gasteiger partial charge < -0.3 is 0 Å². The van der Waals surface area contributed by atoms with Crippen LogP contribution >= 0.6 is 11.8 Å². The van der Waals surface area contributed by atoms with E-state index in [4.69, 9.17) is 0 Å². The Morgan fingerprint density at radius 1 is 0.926 bits per heavy atom. The topological polar surface area (TPSA) is 0 Å². The number of benzene rings is 2. The summed E-state index contributed by atoms with van der Waals surface area (Å²) >= 11 is 1.60. The smallest absolute Gasteiger partial charge is 0.137 e. The van der Waals surface area contributed by atoms with E-state index in [1.807, 2.05) is 6.07 Å². The van der Waals surface area contributed by atoms with Gasteiger partial charge >= 0.3 is 0 Å². The number of thioether (sulfide) groups is 1. The van der Waals surface area contributed by atoms with Crippen molar-refractivity contribution >= 4 is 11.8 Å². The highest BCUT2D eigenvalue weighted by atomic mass is 32.2. The SMILES string of the molecule is CCCCCc1ccc(SCc2ccc([C@H]3CC[C@H](C)CC3)cc2)c(F)c1. The predicted molar refractivity (Wildman–Crippen MR) is 116 cm³/mol. The molecule has 1 saturated carbocycles. The van der Waals surface area contributed by atoms with Gasteiger partial charge in [-0.05, 0) is 66.3 Å². The third-order valence-corrected chi connectivity index (χ3v) is 7.05. The highest BCUT2D eigenvalue weighted by molar-refractivity contribution is 7.98. The molecule has 1 aliphatic carbocycles. The molecule has 0 unspecified atom stereocenters. The van der Waals surface area contributed by atoms with Crippen molar-refractivity contribution in [3.05, 3.63) is 65.0 Å². The molecule has 0 atom stereocenters. The van der Waals surface area contributed by atoms with Gasteiger partial charge in [-0.2, -0.15) is 0 Å². The van der Waals surface area contributed by atoms with Crippen LogP contribution in [-0.4, -0.2) is 0 Å². The van der Waals surface area contributed by atoms with Crippen LogP contribution < -0.4 is 0 Å². The van der Waals surface area contributed by atoms with Gasteiger partial charge in [0.05, 0.1) is 0 Å². The molecular weight excluding hydrogens is 351 g/mol. The zero-order valence-corrected chi connectivity index (χ0v) is 17.7. The summed E-state index contributed by atoms with van der Waals surface area (Å²) in [6, 6.07) is 14.8. The molecule has 0 aliphatic heterocycles. The summed E-state index contributed by atoms with van der Waals surface area (Å²) in [5.41, 5.74) is 3.88. The monoisotopic (exact) mass is 384 g/mol. The first-order valence-electron chi connectivity index (χ1n) is 10.7. The molecule has 1 aliphatic rings. The molecule has 27 heavy (non-hydrogen) atoms. The minimum Gasteiger partial charge on any atom is -0.206 e. The van der Waals surface area contributed by atoms with Gasteiger partial charge in [0.25, 0.3) is 0 Å². The number of aryl methyl sites for hydroxylation is 1. The Bertz CT molecular complexity index is 699.